The summed E-state index contributed by atoms with van der Waals surface area (Å²) in [7, 11) is 1.30. The monoisotopic (exact) mass is 333 g/mol. The third-order valence-electron chi connectivity index (χ3n) is 2.95. The molecule has 0 radical (unpaired) electrons. The Bertz CT molecular complexity index is 757. The molecule has 2 rings (SSSR count). The Morgan fingerprint density at radius 3 is 2.48 bits per heavy atom. The first-order chi connectivity index (χ1) is 11.0. The molecule has 0 saturated carbocycles. The van der Waals surface area contributed by atoms with E-state index in [4.69, 9.17) is 11.6 Å². The largest absolute Gasteiger partial charge is 0.465 e. The third kappa shape index (κ3) is 4.66. The van der Waals surface area contributed by atoms with Crippen molar-refractivity contribution < 1.29 is 18.7 Å². The summed E-state index contributed by atoms with van der Waals surface area (Å²) in [6, 6.07) is 10.5. The van der Waals surface area contributed by atoms with Gasteiger partial charge in [0, 0.05) is 11.1 Å². The molecule has 0 unspecified atom stereocenters. The molecule has 0 aliphatic rings. The number of hydrogen-bond acceptors (Lipinski definition) is 3. The molecule has 2 aromatic carbocycles. The number of halogens is 2. The van der Waals surface area contributed by atoms with Gasteiger partial charge in [-0.3, -0.25) is 4.79 Å². The maximum atomic E-state index is 13.6. The van der Waals surface area contributed by atoms with Crippen LogP contribution < -0.4 is 5.32 Å². The summed E-state index contributed by atoms with van der Waals surface area (Å²) < 4.78 is 18.2. The molecule has 1 amide bonds. The molecule has 0 heterocycles. The van der Waals surface area contributed by atoms with E-state index in [-0.39, 0.29) is 10.7 Å². The van der Waals surface area contributed by atoms with Crippen molar-refractivity contribution in [2.45, 2.75) is 0 Å². The molecule has 0 atom stereocenters. The van der Waals surface area contributed by atoms with E-state index in [9.17, 15) is 14.0 Å². The van der Waals surface area contributed by atoms with Gasteiger partial charge in [-0.2, -0.15) is 0 Å². The van der Waals surface area contributed by atoms with Crippen LogP contribution in [0.3, 0.4) is 0 Å². The molecule has 23 heavy (non-hydrogen) atoms. The predicted molar refractivity (Wildman–Crippen MR) is 86.9 cm³/mol. The highest BCUT2D eigenvalue weighted by Gasteiger charge is 2.06. The number of anilines is 1. The molecule has 2 aromatic rings. The molecule has 118 valence electrons. The molecule has 4 nitrogen and oxygen atoms in total. The first-order valence-electron chi connectivity index (χ1n) is 6.62. The lowest BCUT2D eigenvalue weighted by atomic mass is 10.1. The Kier molecular flexibility index (Phi) is 5.49. The molecule has 0 aromatic heterocycles. The highest BCUT2D eigenvalue weighted by molar-refractivity contribution is 6.30. The summed E-state index contributed by atoms with van der Waals surface area (Å²) in [5.41, 5.74) is 1.17. The van der Waals surface area contributed by atoms with Gasteiger partial charge >= 0.3 is 5.97 Å². The summed E-state index contributed by atoms with van der Waals surface area (Å²) in [5.74, 6) is -1.53. The Labute approximate surface area is 137 Å². The van der Waals surface area contributed by atoms with Crippen molar-refractivity contribution in [2.24, 2.45) is 0 Å². The fourth-order valence-corrected chi connectivity index (χ4v) is 1.94. The van der Waals surface area contributed by atoms with Crippen molar-refractivity contribution in [2.75, 3.05) is 12.4 Å². The lowest BCUT2D eigenvalue weighted by Crippen LogP contribution is -2.09. The molecule has 0 aliphatic carbocycles. The summed E-state index contributed by atoms with van der Waals surface area (Å²) in [4.78, 5) is 23.1. The van der Waals surface area contributed by atoms with E-state index in [1.54, 1.807) is 30.3 Å². The fraction of sp³-hybridized carbons (Fsp3) is 0.0588. The standard InChI is InChI=1S/C17H13ClFNO3/c1-23-17(22)12-5-2-11(3-6-12)4-9-16(21)20-15-8-7-13(18)10-14(15)19/h2-10H,1H3,(H,20,21)/b9-4+. The van der Waals surface area contributed by atoms with E-state index in [2.05, 4.69) is 10.1 Å². The summed E-state index contributed by atoms with van der Waals surface area (Å²) >= 11 is 5.64. The second kappa shape index (κ2) is 7.56. The van der Waals surface area contributed by atoms with Crippen LogP contribution >= 0.6 is 11.6 Å². The van der Waals surface area contributed by atoms with Gasteiger partial charge in [-0.15, -0.1) is 0 Å². The maximum absolute atomic E-state index is 13.6. The van der Waals surface area contributed by atoms with Crippen LogP contribution in [0.1, 0.15) is 15.9 Å². The van der Waals surface area contributed by atoms with Gasteiger partial charge in [-0.1, -0.05) is 23.7 Å². The van der Waals surface area contributed by atoms with Crippen molar-refractivity contribution in [3.05, 3.63) is 70.5 Å². The van der Waals surface area contributed by atoms with Crippen LogP contribution in [-0.2, 0) is 9.53 Å². The minimum Gasteiger partial charge on any atom is -0.465 e. The van der Waals surface area contributed by atoms with Gasteiger partial charge in [0.1, 0.15) is 5.82 Å². The molecule has 1 N–H and O–H groups in total. The van der Waals surface area contributed by atoms with E-state index < -0.39 is 17.7 Å². The van der Waals surface area contributed by atoms with E-state index in [1.165, 1.54) is 25.3 Å². The molecular weight excluding hydrogens is 321 g/mol. The highest BCUT2D eigenvalue weighted by Crippen LogP contribution is 2.18. The first-order valence-corrected chi connectivity index (χ1v) is 7.00. The Morgan fingerprint density at radius 2 is 1.87 bits per heavy atom. The summed E-state index contributed by atoms with van der Waals surface area (Å²) in [5, 5.41) is 2.66. The van der Waals surface area contributed by atoms with Gasteiger partial charge in [-0.05, 0) is 42.0 Å². The Hall–Kier alpha value is -2.66. The number of ether oxygens (including phenoxy) is 1. The number of benzene rings is 2. The maximum Gasteiger partial charge on any atom is 0.337 e. The number of hydrogen-bond donors (Lipinski definition) is 1. The average Bonchev–Trinajstić information content (AvgIpc) is 2.55. The molecule has 0 spiro atoms. The number of carbonyl (C=O) groups is 2. The molecule has 0 aliphatic heterocycles. The van der Waals surface area contributed by atoms with Crippen LogP contribution in [-0.4, -0.2) is 19.0 Å². The second-order valence-corrected chi connectivity index (χ2v) is 5.00. The lowest BCUT2D eigenvalue weighted by molar-refractivity contribution is -0.111. The molecule has 0 bridgehead atoms. The zero-order chi connectivity index (χ0) is 16.8. The number of esters is 1. The van der Waals surface area contributed by atoms with Crippen LogP contribution in [0, 0.1) is 5.82 Å². The van der Waals surface area contributed by atoms with Crippen molar-refractivity contribution >= 4 is 35.2 Å². The number of methoxy groups -OCH3 is 1. The first kappa shape index (κ1) is 16.7. The summed E-state index contributed by atoms with van der Waals surface area (Å²) in [6.07, 6.45) is 2.81. The molecule has 0 saturated heterocycles. The molecule has 6 heteroatoms. The van der Waals surface area contributed by atoms with Crippen molar-refractivity contribution in [3.8, 4) is 0 Å². The lowest BCUT2D eigenvalue weighted by Gasteiger charge is -2.04. The van der Waals surface area contributed by atoms with Crippen LogP contribution in [0.15, 0.2) is 48.5 Å². The van der Waals surface area contributed by atoms with E-state index in [0.717, 1.165) is 6.07 Å². The molecule has 0 fully saturated rings. The van der Waals surface area contributed by atoms with Crippen LogP contribution in [0.4, 0.5) is 10.1 Å². The number of carbonyl (C=O) groups excluding carboxylic acids is 2. The van der Waals surface area contributed by atoms with Crippen molar-refractivity contribution in [1.29, 1.82) is 0 Å². The Balaban J connectivity index is 2.02. The average molecular weight is 334 g/mol. The van der Waals surface area contributed by atoms with Gasteiger partial charge in [0.15, 0.2) is 0 Å². The normalized spacial score (nSPS) is 10.6. The van der Waals surface area contributed by atoms with Crippen LogP contribution in [0.2, 0.25) is 5.02 Å². The van der Waals surface area contributed by atoms with Crippen molar-refractivity contribution in [3.63, 3.8) is 0 Å². The van der Waals surface area contributed by atoms with Gasteiger partial charge in [0.05, 0.1) is 18.4 Å². The van der Waals surface area contributed by atoms with Crippen molar-refractivity contribution in [1.82, 2.24) is 0 Å². The fourth-order valence-electron chi connectivity index (χ4n) is 1.79. The van der Waals surface area contributed by atoms with E-state index in [1.807, 2.05) is 0 Å². The van der Waals surface area contributed by atoms with Crippen LogP contribution in [0.25, 0.3) is 6.08 Å². The highest BCUT2D eigenvalue weighted by atomic mass is 35.5. The smallest absolute Gasteiger partial charge is 0.337 e. The number of nitrogens with one attached hydrogen (secondary N) is 1. The van der Waals surface area contributed by atoms with E-state index in [0.29, 0.717) is 11.1 Å². The topological polar surface area (TPSA) is 55.4 Å². The second-order valence-electron chi connectivity index (χ2n) is 4.56. The third-order valence-corrected chi connectivity index (χ3v) is 3.18. The van der Waals surface area contributed by atoms with Gasteiger partial charge in [0.25, 0.3) is 0 Å². The molecular formula is C17H13ClFNO3. The minimum absolute atomic E-state index is 0.0464. The van der Waals surface area contributed by atoms with E-state index >= 15 is 0 Å². The van der Waals surface area contributed by atoms with Gasteiger partial charge in [-0.25, -0.2) is 9.18 Å². The Morgan fingerprint density at radius 1 is 1.17 bits per heavy atom. The summed E-state index contributed by atoms with van der Waals surface area (Å²) in [6.45, 7) is 0. The van der Waals surface area contributed by atoms with Gasteiger partial charge in [0.2, 0.25) is 5.91 Å². The number of amides is 1. The minimum atomic E-state index is -0.610. The quantitative estimate of drug-likeness (QED) is 0.681. The zero-order valence-corrected chi connectivity index (χ0v) is 12.9. The SMILES string of the molecule is COC(=O)c1ccc(/C=C/C(=O)Nc2ccc(Cl)cc2F)cc1. The van der Waals surface area contributed by atoms with Gasteiger partial charge < -0.3 is 10.1 Å². The van der Waals surface area contributed by atoms with Crippen LogP contribution in [0.5, 0.6) is 0 Å². The number of rotatable bonds is 4. The predicted octanol–water partition coefficient (Wildman–Crippen LogP) is 3.92. The zero-order valence-electron chi connectivity index (χ0n) is 12.2.